The lowest BCUT2D eigenvalue weighted by Gasteiger charge is -2.19. The molecule has 6 heteroatoms. The zero-order chi connectivity index (χ0) is 13.9. The van der Waals surface area contributed by atoms with Crippen LogP contribution >= 0.6 is 11.3 Å². The van der Waals surface area contributed by atoms with Crippen molar-refractivity contribution in [2.24, 2.45) is 0 Å². The lowest BCUT2D eigenvalue weighted by molar-refractivity contribution is 0.175. The highest BCUT2D eigenvalue weighted by molar-refractivity contribution is 7.14. The summed E-state index contributed by atoms with van der Waals surface area (Å²) in [7, 11) is 0. The summed E-state index contributed by atoms with van der Waals surface area (Å²) in [5.74, 6) is 0.550. The Balaban J connectivity index is 1.70. The second-order valence-electron chi connectivity index (χ2n) is 4.54. The van der Waals surface area contributed by atoms with Gasteiger partial charge in [0.2, 0.25) is 5.88 Å². The number of pyridine rings is 1. The maximum atomic E-state index is 11.8. The monoisotopic (exact) mass is 290 g/mol. The Bertz CT molecular complexity index is 599. The molecule has 0 aliphatic carbocycles. The van der Waals surface area contributed by atoms with E-state index in [2.05, 4.69) is 4.98 Å². The van der Waals surface area contributed by atoms with E-state index in [0.29, 0.717) is 19.1 Å². The summed E-state index contributed by atoms with van der Waals surface area (Å²) in [6.45, 7) is 2.70. The molecule has 1 aliphatic rings. The van der Waals surface area contributed by atoms with Gasteiger partial charge in [0, 0.05) is 12.3 Å². The van der Waals surface area contributed by atoms with Gasteiger partial charge in [-0.1, -0.05) is 6.07 Å². The number of cyclic esters (lactones) is 1. The molecule has 1 saturated heterocycles. The number of carbonyl (C=O) groups excluding carboxylic acids is 1. The van der Waals surface area contributed by atoms with Crippen LogP contribution in [-0.2, 0) is 4.74 Å². The smallest absolute Gasteiger partial charge is 0.415 e. The Hall–Kier alpha value is -2.08. The van der Waals surface area contributed by atoms with Crippen molar-refractivity contribution < 1.29 is 14.3 Å². The first-order valence-electron chi connectivity index (χ1n) is 6.29. The van der Waals surface area contributed by atoms with Crippen molar-refractivity contribution in [3.05, 3.63) is 41.4 Å². The second kappa shape index (κ2) is 5.50. The first-order valence-corrected chi connectivity index (χ1v) is 7.17. The van der Waals surface area contributed by atoms with Gasteiger partial charge >= 0.3 is 6.09 Å². The molecule has 20 heavy (non-hydrogen) atoms. The van der Waals surface area contributed by atoms with E-state index in [1.807, 2.05) is 30.5 Å². The van der Waals surface area contributed by atoms with Crippen LogP contribution in [0.25, 0.3) is 0 Å². The Labute approximate surface area is 120 Å². The predicted molar refractivity (Wildman–Crippen MR) is 76.4 cm³/mol. The molecule has 3 heterocycles. The van der Waals surface area contributed by atoms with Crippen LogP contribution in [0.4, 0.5) is 9.80 Å². The number of carbonyl (C=O) groups is 1. The molecule has 0 saturated carbocycles. The molecule has 104 valence electrons. The molecule has 2 aromatic rings. The van der Waals surface area contributed by atoms with Crippen LogP contribution < -0.4 is 9.64 Å². The van der Waals surface area contributed by atoms with Gasteiger partial charge in [0.05, 0.1) is 0 Å². The van der Waals surface area contributed by atoms with E-state index >= 15 is 0 Å². The van der Waals surface area contributed by atoms with Gasteiger partial charge in [0.1, 0.15) is 24.3 Å². The summed E-state index contributed by atoms with van der Waals surface area (Å²) in [4.78, 5) is 17.6. The van der Waals surface area contributed by atoms with E-state index in [1.165, 1.54) is 11.3 Å². The summed E-state index contributed by atoms with van der Waals surface area (Å²) in [6, 6.07) is 7.33. The summed E-state index contributed by atoms with van der Waals surface area (Å²) in [6.07, 6.45) is 1.35. The molecule has 0 unspecified atom stereocenters. The number of aromatic nitrogens is 1. The Kier molecular flexibility index (Phi) is 3.56. The minimum atomic E-state index is -0.318. The zero-order valence-corrected chi connectivity index (χ0v) is 11.8. The number of nitrogens with zero attached hydrogens (tertiary/aromatic N) is 2. The van der Waals surface area contributed by atoms with Gasteiger partial charge in [0.15, 0.2) is 0 Å². The highest BCUT2D eigenvalue weighted by Gasteiger charge is 2.35. The van der Waals surface area contributed by atoms with Crippen LogP contribution in [0.5, 0.6) is 5.88 Å². The van der Waals surface area contributed by atoms with Gasteiger partial charge < -0.3 is 9.47 Å². The summed E-state index contributed by atoms with van der Waals surface area (Å²) in [5.41, 5.74) is 1.13. The molecule has 0 radical (unpaired) electrons. The number of ether oxygens (including phenoxy) is 2. The quantitative estimate of drug-likeness (QED) is 0.869. The Morgan fingerprint density at radius 1 is 1.55 bits per heavy atom. The molecular weight excluding hydrogens is 276 g/mol. The Morgan fingerprint density at radius 2 is 2.45 bits per heavy atom. The number of rotatable bonds is 4. The first kappa shape index (κ1) is 12.9. The molecule has 1 atom stereocenters. The van der Waals surface area contributed by atoms with E-state index in [-0.39, 0.29) is 12.1 Å². The SMILES string of the molecule is Cc1csc(N2C(=O)OC[C@H]2COc2ccccn2)c1. The fourth-order valence-electron chi connectivity index (χ4n) is 2.01. The largest absolute Gasteiger partial charge is 0.475 e. The first-order chi connectivity index (χ1) is 9.74. The average molecular weight is 290 g/mol. The number of anilines is 1. The van der Waals surface area contributed by atoms with Gasteiger partial charge in [0.25, 0.3) is 0 Å². The van der Waals surface area contributed by atoms with Gasteiger partial charge in [-0.3, -0.25) is 4.90 Å². The third kappa shape index (κ3) is 2.60. The van der Waals surface area contributed by atoms with Gasteiger partial charge in [-0.05, 0) is 30.0 Å². The van der Waals surface area contributed by atoms with Crippen molar-refractivity contribution in [1.29, 1.82) is 0 Å². The predicted octanol–water partition coefficient (Wildman–Crippen LogP) is 2.86. The molecule has 0 aromatic carbocycles. The number of amides is 1. The highest BCUT2D eigenvalue weighted by Crippen LogP contribution is 2.29. The fraction of sp³-hybridized carbons (Fsp3) is 0.286. The van der Waals surface area contributed by atoms with E-state index in [4.69, 9.17) is 9.47 Å². The van der Waals surface area contributed by atoms with Gasteiger partial charge in [-0.2, -0.15) is 0 Å². The lowest BCUT2D eigenvalue weighted by Crippen LogP contribution is -2.37. The van der Waals surface area contributed by atoms with Gasteiger partial charge in [-0.15, -0.1) is 11.3 Å². The lowest BCUT2D eigenvalue weighted by atomic mass is 10.3. The molecular formula is C14H14N2O3S. The topological polar surface area (TPSA) is 51.7 Å². The minimum Gasteiger partial charge on any atom is -0.475 e. The van der Waals surface area contributed by atoms with E-state index in [9.17, 15) is 4.79 Å². The van der Waals surface area contributed by atoms with E-state index in [1.54, 1.807) is 17.2 Å². The Morgan fingerprint density at radius 3 is 3.15 bits per heavy atom. The number of hydrogen-bond donors (Lipinski definition) is 0. The molecule has 1 amide bonds. The van der Waals surface area contributed by atoms with Crippen LogP contribution in [0, 0.1) is 6.92 Å². The van der Waals surface area contributed by atoms with E-state index < -0.39 is 0 Å². The highest BCUT2D eigenvalue weighted by atomic mass is 32.1. The normalized spacial score (nSPS) is 18.1. The fourth-order valence-corrected chi connectivity index (χ4v) is 2.98. The molecule has 1 aliphatic heterocycles. The molecule has 2 aromatic heterocycles. The van der Waals surface area contributed by atoms with Crippen molar-refractivity contribution in [1.82, 2.24) is 4.98 Å². The molecule has 1 fully saturated rings. The summed E-state index contributed by atoms with van der Waals surface area (Å²) < 4.78 is 10.7. The maximum absolute atomic E-state index is 11.8. The van der Waals surface area contributed by atoms with Crippen LogP contribution in [0.15, 0.2) is 35.8 Å². The summed E-state index contributed by atoms with van der Waals surface area (Å²) in [5, 5.41) is 2.90. The molecule has 0 spiro atoms. The maximum Gasteiger partial charge on any atom is 0.415 e. The van der Waals surface area contributed by atoms with Crippen molar-refractivity contribution in [3.8, 4) is 5.88 Å². The molecule has 0 N–H and O–H groups in total. The minimum absolute atomic E-state index is 0.123. The molecule has 3 rings (SSSR count). The van der Waals surface area contributed by atoms with Crippen molar-refractivity contribution in [3.63, 3.8) is 0 Å². The van der Waals surface area contributed by atoms with Crippen LogP contribution in [-0.4, -0.2) is 30.3 Å². The zero-order valence-electron chi connectivity index (χ0n) is 11.0. The van der Waals surface area contributed by atoms with Crippen molar-refractivity contribution in [2.75, 3.05) is 18.1 Å². The van der Waals surface area contributed by atoms with Crippen LogP contribution in [0.3, 0.4) is 0 Å². The van der Waals surface area contributed by atoms with Crippen molar-refractivity contribution >= 4 is 22.4 Å². The number of hydrogen-bond acceptors (Lipinski definition) is 5. The molecule has 0 bridgehead atoms. The third-order valence-corrected chi connectivity index (χ3v) is 4.02. The third-order valence-electron chi connectivity index (χ3n) is 2.98. The number of thiophene rings is 1. The van der Waals surface area contributed by atoms with E-state index in [0.717, 1.165) is 10.6 Å². The molecule has 5 nitrogen and oxygen atoms in total. The van der Waals surface area contributed by atoms with Crippen LogP contribution in [0.1, 0.15) is 5.56 Å². The van der Waals surface area contributed by atoms with Crippen LogP contribution in [0.2, 0.25) is 0 Å². The summed E-state index contributed by atoms with van der Waals surface area (Å²) >= 11 is 1.53. The standard InChI is InChI=1S/C14H14N2O3S/c1-10-6-13(20-9-10)16-11(8-19-14(16)17)7-18-12-4-2-3-5-15-12/h2-6,9,11H,7-8H2,1H3/t11-/m1/s1. The van der Waals surface area contributed by atoms with Gasteiger partial charge in [-0.25, -0.2) is 9.78 Å². The second-order valence-corrected chi connectivity index (χ2v) is 5.43. The average Bonchev–Trinajstić information content (AvgIpc) is 3.03. The number of aryl methyl sites for hydroxylation is 1. The van der Waals surface area contributed by atoms with Crippen molar-refractivity contribution in [2.45, 2.75) is 13.0 Å².